The van der Waals surface area contributed by atoms with Crippen LogP contribution in [0.5, 0.6) is 0 Å². The minimum Gasteiger partial charge on any atom is -0.413 e. The average molecular weight is 375 g/mol. The summed E-state index contributed by atoms with van der Waals surface area (Å²) in [5.74, 6) is 0. The predicted molar refractivity (Wildman–Crippen MR) is 116 cm³/mol. The zero-order chi connectivity index (χ0) is 18.7. The van der Waals surface area contributed by atoms with Gasteiger partial charge in [-0.1, -0.05) is 81.4 Å². The van der Waals surface area contributed by atoms with Gasteiger partial charge in [-0.3, -0.25) is 0 Å². The van der Waals surface area contributed by atoms with Gasteiger partial charge in [-0.2, -0.15) is 0 Å². The van der Waals surface area contributed by atoms with E-state index in [0.717, 1.165) is 0 Å². The van der Waals surface area contributed by atoms with Gasteiger partial charge in [0, 0.05) is 0 Å². The van der Waals surface area contributed by atoms with E-state index < -0.39 is 16.4 Å². The summed E-state index contributed by atoms with van der Waals surface area (Å²) in [5.41, 5.74) is 3.46. The molecule has 140 valence electrons. The van der Waals surface area contributed by atoms with E-state index in [-0.39, 0.29) is 5.04 Å². The van der Waals surface area contributed by atoms with Crippen LogP contribution in [0.25, 0.3) is 0 Å². The highest BCUT2D eigenvalue weighted by molar-refractivity contribution is 6.81. The molecule has 0 radical (unpaired) electrons. The Balaban J connectivity index is 2.31. The van der Waals surface area contributed by atoms with E-state index in [1.165, 1.54) is 37.3 Å². The molecule has 1 aromatic carbocycles. The zero-order valence-corrected chi connectivity index (χ0v) is 19.5. The monoisotopic (exact) mass is 374 g/mol. The van der Waals surface area contributed by atoms with Crippen LogP contribution >= 0.6 is 0 Å². The maximum absolute atomic E-state index is 7.11. The number of benzene rings is 1. The SMILES string of the molecule is CC(C)(C)[Si](C)(C)OC(C1=CCCCC1)[Si](C)(C)Cc1ccccc1. The molecule has 0 fully saturated rings. The Morgan fingerprint density at radius 2 is 1.64 bits per heavy atom. The van der Waals surface area contributed by atoms with E-state index in [2.05, 4.69) is 83.4 Å². The minimum atomic E-state index is -1.79. The first-order valence-electron chi connectivity index (χ1n) is 9.94. The van der Waals surface area contributed by atoms with Crippen LogP contribution in [0.1, 0.15) is 52.0 Å². The van der Waals surface area contributed by atoms with Gasteiger partial charge >= 0.3 is 0 Å². The summed E-state index contributed by atoms with van der Waals surface area (Å²) in [5, 5.41) is 0.262. The number of rotatable bonds is 6. The second kappa shape index (κ2) is 7.93. The largest absolute Gasteiger partial charge is 0.413 e. The van der Waals surface area contributed by atoms with Crippen molar-refractivity contribution in [3.05, 3.63) is 47.5 Å². The van der Waals surface area contributed by atoms with Crippen molar-refractivity contribution in [2.24, 2.45) is 0 Å². The normalized spacial score (nSPS) is 18.0. The van der Waals surface area contributed by atoms with Crippen molar-refractivity contribution >= 4 is 16.4 Å². The average Bonchev–Trinajstić information content (AvgIpc) is 2.53. The molecule has 0 spiro atoms. The fourth-order valence-corrected chi connectivity index (χ4v) is 9.52. The fraction of sp³-hybridized carbons (Fsp3) is 0.636. The van der Waals surface area contributed by atoms with E-state index in [4.69, 9.17) is 4.43 Å². The van der Waals surface area contributed by atoms with Gasteiger partial charge in [0.25, 0.3) is 0 Å². The maximum Gasteiger partial charge on any atom is 0.192 e. The molecule has 0 N–H and O–H groups in total. The van der Waals surface area contributed by atoms with Crippen LogP contribution in [0.4, 0.5) is 0 Å². The van der Waals surface area contributed by atoms with Crippen LogP contribution in [0.3, 0.4) is 0 Å². The molecule has 3 heteroatoms. The van der Waals surface area contributed by atoms with Crippen molar-refractivity contribution < 1.29 is 4.43 Å². The summed E-state index contributed by atoms with van der Waals surface area (Å²) in [4.78, 5) is 0. The predicted octanol–water partition coefficient (Wildman–Crippen LogP) is 6.91. The van der Waals surface area contributed by atoms with Gasteiger partial charge in [-0.05, 0) is 49.9 Å². The van der Waals surface area contributed by atoms with Crippen LogP contribution in [0, 0.1) is 0 Å². The van der Waals surface area contributed by atoms with Crippen molar-refractivity contribution in [2.75, 3.05) is 0 Å². The van der Waals surface area contributed by atoms with Crippen LogP contribution in [-0.2, 0) is 10.5 Å². The van der Waals surface area contributed by atoms with Crippen molar-refractivity contribution in [3.8, 4) is 0 Å². The Hall–Kier alpha value is -0.646. The smallest absolute Gasteiger partial charge is 0.192 e. The van der Waals surface area contributed by atoms with Gasteiger partial charge in [0.05, 0.1) is 13.8 Å². The molecular formula is C22H38OSi2. The Morgan fingerprint density at radius 3 is 2.16 bits per heavy atom. The second-order valence-corrected chi connectivity index (χ2v) is 19.5. The fourth-order valence-electron chi connectivity index (χ4n) is 3.52. The molecule has 1 unspecified atom stereocenters. The molecule has 1 atom stereocenters. The van der Waals surface area contributed by atoms with E-state index in [1.807, 2.05) is 0 Å². The molecule has 0 saturated carbocycles. The third-order valence-corrected chi connectivity index (χ3v) is 14.0. The lowest BCUT2D eigenvalue weighted by molar-refractivity contribution is 0.265. The Morgan fingerprint density at radius 1 is 1.00 bits per heavy atom. The number of hydrogen-bond donors (Lipinski definition) is 0. The molecule has 1 aromatic rings. The molecule has 0 aromatic heterocycles. The molecule has 0 aliphatic heterocycles. The number of hydrogen-bond acceptors (Lipinski definition) is 1. The summed E-state index contributed by atoms with van der Waals surface area (Å²) < 4.78 is 7.11. The first-order chi connectivity index (χ1) is 11.5. The van der Waals surface area contributed by atoms with Crippen molar-refractivity contribution in [1.29, 1.82) is 0 Å². The molecule has 1 aliphatic rings. The topological polar surface area (TPSA) is 9.23 Å². The highest BCUT2D eigenvalue weighted by Crippen LogP contribution is 2.41. The third kappa shape index (κ3) is 5.41. The quantitative estimate of drug-likeness (QED) is 0.388. The van der Waals surface area contributed by atoms with Crippen LogP contribution in [0.15, 0.2) is 42.0 Å². The molecule has 0 saturated heterocycles. The summed E-state index contributed by atoms with van der Waals surface area (Å²) in [6, 6.07) is 12.2. The Labute approximate surface area is 158 Å². The van der Waals surface area contributed by atoms with Crippen LogP contribution < -0.4 is 0 Å². The highest BCUT2D eigenvalue weighted by Gasteiger charge is 2.44. The van der Waals surface area contributed by atoms with Gasteiger partial charge in [0.1, 0.15) is 0 Å². The van der Waals surface area contributed by atoms with E-state index >= 15 is 0 Å². The highest BCUT2D eigenvalue weighted by atomic mass is 28.4. The summed E-state index contributed by atoms with van der Waals surface area (Å²) in [7, 11) is -3.39. The second-order valence-electron chi connectivity index (χ2n) is 9.93. The minimum absolute atomic E-state index is 0.262. The van der Waals surface area contributed by atoms with E-state index in [1.54, 1.807) is 5.57 Å². The lowest BCUT2D eigenvalue weighted by atomic mass is 10.0. The number of allylic oxidation sites excluding steroid dienone is 1. The third-order valence-electron chi connectivity index (χ3n) is 6.09. The first kappa shape index (κ1) is 20.7. The van der Waals surface area contributed by atoms with Gasteiger partial charge in [-0.25, -0.2) is 0 Å². The first-order valence-corrected chi connectivity index (χ1v) is 16.1. The van der Waals surface area contributed by atoms with Crippen molar-refractivity contribution in [2.45, 2.75) is 89.5 Å². The Bertz CT molecular complexity index is 582. The summed E-state index contributed by atoms with van der Waals surface area (Å²) >= 11 is 0. The zero-order valence-electron chi connectivity index (χ0n) is 17.5. The molecule has 25 heavy (non-hydrogen) atoms. The van der Waals surface area contributed by atoms with Crippen LogP contribution in [-0.4, -0.2) is 22.1 Å². The standard InChI is InChI=1S/C22H38OSi2/c1-22(2,3)25(6,7)23-21(20-16-12-9-13-17-20)24(4,5)18-19-14-10-8-11-15-19/h8,10-11,14-16,21H,9,12-13,17-18H2,1-7H3. The molecule has 1 nitrogen and oxygen atoms in total. The molecule has 0 amide bonds. The molecular weight excluding hydrogens is 336 g/mol. The van der Waals surface area contributed by atoms with Crippen LogP contribution in [0.2, 0.25) is 31.2 Å². The van der Waals surface area contributed by atoms with E-state index in [0.29, 0.717) is 5.73 Å². The van der Waals surface area contributed by atoms with Crippen molar-refractivity contribution in [1.82, 2.24) is 0 Å². The van der Waals surface area contributed by atoms with Gasteiger partial charge < -0.3 is 4.43 Å². The Kier molecular flexibility index (Phi) is 6.56. The molecule has 2 rings (SSSR count). The van der Waals surface area contributed by atoms with Gasteiger partial charge in [-0.15, -0.1) is 0 Å². The van der Waals surface area contributed by atoms with Crippen molar-refractivity contribution in [3.63, 3.8) is 0 Å². The lowest BCUT2D eigenvalue weighted by Crippen LogP contribution is -2.54. The van der Waals surface area contributed by atoms with E-state index in [9.17, 15) is 0 Å². The molecule has 0 heterocycles. The lowest BCUT2D eigenvalue weighted by Gasteiger charge is -2.45. The van der Waals surface area contributed by atoms with Gasteiger partial charge in [0.2, 0.25) is 0 Å². The molecule has 0 bridgehead atoms. The van der Waals surface area contributed by atoms with Gasteiger partial charge in [0.15, 0.2) is 8.32 Å². The molecule has 1 aliphatic carbocycles. The summed E-state index contributed by atoms with van der Waals surface area (Å²) in [6.45, 7) is 17.0. The maximum atomic E-state index is 7.11. The summed E-state index contributed by atoms with van der Waals surface area (Å²) in [6.07, 6.45) is 7.67.